The third kappa shape index (κ3) is 4.62. The Morgan fingerprint density at radius 3 is 2.31 bits per heavy atom. The van der Waals surface area contributed by atoms with Crippen molar-refractivity contribution in [2.24, 2.45) is 5.73 Å². The predicted molar refractivity (Wildman–Crippen MR) is 104 cm³/mol. The van der Waals surface area contributed by atoms with Gasteiger partial charge in [-0.1, -0.05) is 29.8 Å². The standard InChI is InChI=1S/C20H22ClN3O2/c21-17-11-6-14(20(26)23-16-9-7-15(22)8-10-16)12-18(17)24-19(25)13-4-2-1-3-5-13/h1-6,11-12,15-16H,7-10,22H2,(H,23,26)(H,24,25). The number of carbonyl (C=O) groups is 2. The minimum absolute atomic E-state index is 0.139. The van der Waals surface area contributed by atoms with E-state index in [1.165, 1.54) is 0 Å². The summed E-state index contributed by atoms with van der Waals surface area (Å²) in [6, 6.07) is 14.1. The average molecular weight is 372 g/mol. The average Bonchev–Trinajstić information content (AvgIpc) is 2.66. The van der Waals surface area contributed by atoms with Crippen molar-refractivity contribution >= 4 is 29.1 Å². The normalized spacial score (nSPS) is 19.6. The van der Waals surface area contributed by atoms with Crippen LogP contribution in [0.3, 0.4) is 0 Å². The highest BCUT2D eigenvalue weighted by atomic mass is 35.5. The molecule has 0 saturated heterocycles. The van der Waals surface area contributed by atoms with Gasteiger partial charge in [0.05, 0.1) is 10.7 Å². The summed E-state index contributed by atoms with van der Waals surface area (Å²) >= 11 is 6.18. The Kier molecular flexibility index (Phi) is 5.91. The molecular weight excluding hydrogens is 350 g/mol. The Bertz CT molecular complexity index is 787. The van der Waals surface area contributed by atoms with E-state index in [9.17, 15) is 9.59 Å². The van der Waals surface area contributed by atoms with E-state index >= 15 is 0 Å². The predicted octanol–water partition coefficient (Wildman–Crippen LogP) is 3.59. The fourth-order valence-electron chi connectivity index (χ4n) is 3.08. The van der Waals surface area contributed by atoms with Crippen LogP contribution in [0.15, 0.2) is 48.5 Å². The highest BCUT2D eigenvalue weighted by molar-refractivity contribution is 6.34. The Morgan fingerprint density at radius 1 is 0.923 bits per heavy atom. The highest BCUT2D eigenvalue weighted by Crippen LogP contribution is 2.24. The number of hydrogen-bond donors (Lipinski definition) is 3. The molecule has 0 radical (unpaired) electrons. The topological polar surface area (TPSA) is 84.2 Å². The SMILES string of the molecule is NC1CCC(NC(=O)c2ccc(Cl)c(NC(=O)c3ccccc3)c2)CC1. The van der Waals surface area contributed by atoms with Crippen molar-refractivity contribution in [3.63, 3.8) is 0 Å². The number of anilines is 1. The molecule has 1 aliphatic carbocycles. The van der Waals surface area contributed by atoms with E-state index in [4.69, 9.17) is 17.3 Å². The van der Waals surface area contributed by atoms with Gasteiger partial charge in [0.25, 0.3) is 11.8 Å². The van der Waals surface area contributed by atoms with Crippen LogP contribution in [0, 0.1) is 0 Å². The maximum absolute atomic E-state index is 12.5. The van der Waals surface area contributed by atoms with Crippen LogP contribution < -0.4 is 16.4 Å². The number of nitrogens with two attached hydrogens (primary N) is 1. The van der Waals surface area contributed by atoms with Gasteiger partial charge in [-0.2, -0.15) is 0 Å². The van der Waals surface area contributed by atoms with Crippen LogP contribution in [0.1, 0.15) is 46.4 Å². The molecule has 2 amide bonds. The molecule has 2 aromatic carbocycles. The van der Waals surface area contributed by atoms with E-state index in [2.05, 4.69) is 10.6 Å². The Labute approximate surface area is 157 Å². The van der Waals surface area contributed by atoms with Crippen molar-refractivity contribution in [2.45, 2.75) is 37.8 Å². The fourth-order valence-corrected chi connectivity index (χ4v) is 3.24. The van der Waals surface area contributed by atoms with Gasteiger partial charge in [0, 0.05) is 23.2 Å². The molecule has 1 saturated carbocycles. The van der Waals surface area contributed by atoms with Crippen LogP contribution in [0.5, 0.6) is 0 Å². The molecule has 136 valence electrons. The summed E-state index contributed by atoms with van der Waals surface area (Å²) in [6.45, 7) is 0. The first-order valence-electron chi connectivity index (χ1n) is 8.75. The largest absolute Gasteiger partial charge is 0.349 e. The van der Waals surface area contributed by atoms with Gasteiger partial charge < -0.3 is 16.4 Å². The summed E-state index contributed by atoms with van der Waals surface area (Å²) in [6.07, 6.45) is 3.62. The monoisotopic (exact) mass is 371 g/mol. The Balaban J connectivity index is 1.69. The van der Waals surface area contributed by atoms with Gasteiger partial charge >= 0.3 is 0 Å². The summed E-state index contributed by atoms with van der Waals surface area (Å²) in [7, 11) is 0. The number of amides is 2. The second kappa shape index (κ2) is 8.34. The molecule has 2 aromatic rings. The first kappa shape index (κ1) is 18.4. The number of halogens is 1. The van der Waals surface area contributed by atoms with Crippen LogP contribution in [0.2, 0.25) is 5.02 Å². The molecule has 6 heteroatoms. The lowest BCUT2D eigenvalue weighted by molar-refractivity contribution is 0.0925. The zero-order valence-electron chi connectivity index (χ0n) is 14.4. The number of nitrogens with one attached hydrogen (secondary N) is 2. The second-order valence-electron chi connectivity index (χ2n) is 6.60. The molecule has 0 aliphatic heterocycles. The molecule has 1 aliphatic rings. The van der Waals surface area contributed by atoms with Crippen LogP contribution in [-0.4, -0.2) is 23.9 Å². The number of rotatable bonds is 4. The van der Waals surface area contributed by atoms with Crippen molar-refractivity contribution in [3.8, 4) is 0 Å². The summed E-state index contributed by atoms with van der Waals surface area (Å²) in [5.74, 6) is -0.441. The minimum Gasteiger partial charge on any atom is -0.349 e. The second-order valence-corrected chi connectivity index (χ2v) is 7.01. The molecule has 0 unspecified atom stereocenters. The van der Waals surface area contributed by atoms with E-state index in [0.717, 1.165) is 25.7 Å². The molecule has 0 aromatic heterocycles. The quantitative estimate of drug-likeness (QED) is 0.767. The number of benzene rings is 2. The molecule has 0 bridgehead atoms. The minimum atomic E-state index is -0.272. The molecule has 26 heavy (non-hydrogen) atoms. The zero-order chi connectivity index (χ0) is 18.5. The van der Waals surface area contributed by atoms with Gasteiger partial charge in [-0.15, -0.1) is 0 Å². The van der Waals surface area contributed by atoms with Crippen molar-refractivity contribution < 1.29 is 9.59 Å². The maximum atomic E-state index is 12.5. The van der Waals surface area contributed by atoms with Gasteiger partial charge in [0.1, 0.15) is 0 Å². The molecule has 5 nitrogen and oxygen atoms in total. The van der Waals surface area contributed by atoms with Gasteiger partial charge in [-0.3, -0.25) is 9.59 Å². The van der Waals surface area contributed by atoms with Crippen LogP contribution >= 0.6 is 11.6 Å². The van der Waals surface area contributed by atoms with Gasteiger partial charge in [-0.05, 0) is 56.0 Å². The smallest absolute Gasteiger partial charge is 0.255 e. The van der Waals surface area contributed by atoms with Crippen molar-refractivity contribution in [1.82, 2.24) is 5.32 Å². The van der Waals surface area contributed by atoms with Crippen molar-refractivity contribution in [1.29, 1.82) is 0 Å². The Morgan fingerprint density at radius 2 is 1.62 bits per heavy atom. The van der Waals surface area contributed by atoms with Gasteiger partial charge in [0.15, 0.2) is 0 Å². The lowest BCUT2D eigenvalue weighted by Crippen LogP contribution is -2.40. The van der Waals surface area contributed by atoms with Crippen molar-refractivity contribution in [2.75, 3.05) is 5.32 Å². The van der Waals surface area contributed by atoms with E-state index in [1.807, 2.05) is 6.07 Å². The highest BCUT2D eigenvalue weighted by Gasteiger charge is 2.21. The van der Waals surface area contributed by atoms with E-state index in [1.54, 1.807) is 42.5 Å². The van der Waals surface area contributed by atoms with Crippen LogP contribution in [0.25, 0.3) is 0 Å². The molecule has 0 heterocycles. The van der Waals surface area contributed by atoms with Gasteiger partial charge in [-0.25, -0.2) is 0 Å². The number of carbonyl (C=O) groups excluding carboxylic acids is 2. The summed E-state index contributed by atoms with van der Waals surface area (Å²) in [5.41, 5.74) is 7.31. The molecule has 0 atom stereocenters. The molecular formula is C20H22ClN3O2. The third-order valence-electron chi connectivity index (χ3n) is 4.62. The first-order chi connectivity index (χ1) is 12.5. The van der Waals surface area contributed by atoms with E-state index < -0.39 is 0 Å². The summed E-state index contributed by atoms with van der Waals surface area (Å²) in [4.78, 5) is 24.8. The molecule has 4 N–H and O–H groups in total. The van der Waals surface area contributed by atoms with Gasteiger partial charge in [0.2, 0.25) is 0 Å². The van der Waals surface area contributed by atoms with E-state index in [0.29, 0.717) is 21.8 Å². The molecule has 0 spiro atoms. The maximum Gasteiger partial charge on any atom is 0.255 e. The molecule has 3 rings (SSSR count). The van der Waals surface area contributed by atoms with Crippen LogP contribution in [-0.2, 0) is 0 Å². The van der Waals surface area contributed by atoms with Crippen LogP contribution in [0.4, 0.5) is 5.69 Å². The first-order valence-corrected chi connectivity index (χ1v) is 9.13. The molecule has 1 fully saturated rings. The zero-order valence-corrected chi connectivity index (χ0v) is 15.1. The third-order valence-corrected chi connectivity index (χ3v) is 4.95. The Hall–Kier alpha value is -2.37. The lowest BCUT2D eigenvalue weighted by Gasteiger charge is -2.26. The fraction of sp³-hybridized carbons (Fsp3) is 0.300. The summed E-state index contributed by atoms with van der Waals surface area (Å²) in [5, 5.41) is 6.18. The summed E-state index contributed by atoms with van der Waals surface area (Å²) < 4.78 is 0. The van der Waals surface area contributed by atoms with E-state index in [-0.39, 0.29) is 23.9 Å². The number of hydrogen-bond acceptors (Lipinski definition) is 3. The lowest BCUT2D eigenvalue weighted by atomic mass is 9.91. The van der Waals surface area contributed by atoms with Crippen molar-refractivity contribution in [3.05, 3.63) is 64.7 Å².